The summed E-state index contributed by atoms with van der Waals surface area (Å²) in [5.41, 5.74) is 1.07. The van der Waals surface area contributed by atoms with Crippen LogP contribution < -0.4 is 0 Å². The zero-order chi connectivity index (χ0) is 17.0. The van der Waals surface area contributed by atoms with E-state index in [4.69, 9.17) is 9.47 Å². The van der Waals surface area contributed by atoms with Gasteiger partial charge >= 0.3 is 0 Å². The summed E-state index contributed by atoms with van der Waals surface area (Å²) in [4.78, 5) is 17.5. The van der Waals surface area contributed by atoms with Crippen LogP contribution in [-0.4, -0.2) is 60.9 Å². The van der Waals surface area contributed by atoms with Crippen molar-refractivity contribution in [2.24, 2.45) is 0 Å². The molecular weight excluding hydrogens is 304 g/mol. The molecule has 0 saturated carbocycles. The maximum absolute atomic E-state index is 13.3. The van der Waals surface area contributed by atoms with Gasteiger partial charge in [0.25, 0.3) is 0 Å². The van der Waals surface area contributed by atoms with Crippen molar-refractivity contribution in [2.45, 2.75) is 38.5 Å². The Morgan fingerprint density at radius 2 is 1.71 bits per heavy atom. The van der Waals surface area contributed by atoms with Gasteiger partial charge in [0, 0.05) is 25.9 Å². The second-order valence-electron chi connectivity index (χ2n) is 6.47. The van der Waals surface area contributed by atoms with Gasteiger partial charge in [-0.3, -0.25) is 9.69 Å². The van der Waals surface area contributed by atoms with Gasteiger partial charge in [0.1, 0.15) is 6.04 Å². The van der Waals surface area contributed by atoms with Crippen molar-refractivity contribution < 1.29 is 14.3 Å². The number of likely N-dealkylation sites (tertiary alicyclic amines) is 1. The average Bonchev–Trinajstić information content (AvgIpc) is 3.08. The predicted octanol–water partition coefficient (Wildman–Crippen LogP) is 2.43. The summed E-state index contributed by atoms with van der Waals surface area (Å²) in [6, 6.07) is 9.90. The Kier molecular flexibility index (Phi) is 5.54. The van der Waals surface area contributed by atoms with Crippen LogP contribution in [0.5, 0.6) is 0 Å². The van der Waals surface area contributed by atoms with Crippen LogP contribution in [0.15, 0.2) is 30.3 Å². The van der Waals surface area contributed by atoms with Crippen LogP contribution in [-0.2, 0) is 14.3 Å². The van der Waals surface area contributed by atoms with Crippen molar-refractivity contribution in [2.75, 3.05) is 39.4 Å². The lowest BCUT2D eigenvalue weighted by molar-refractivity contribution is -0.188. The number of hydrogen-bond donors (Lipinski definition) is 0. The van der Waals surface area contributed by atoms with E-state index in [0.717, 1.165) is 31.5 Å². The summed E-state index contributed by atoms with van der Waals surface area (Å²) < 4.78 is 11.5. The molecular formula is C19H28N2O3. The van der Waals surface area contributed by atoms with Gasteiger partial charge in [-0.05, 0) is 18.7 Å². The fourth-order valence-corrected chi connectivity index (χ4v) is 3.76. The van der Waals surface area contributed by atoms with Gasteiger partial charge in [0.2, 0.25) is 5.91 Å². The summed E-state index contributed by atoms with van der Waals surface area (Å²) in [5, 5.41) is 0. The monoisotopic (exact) mass is 332 g/mol. The largest absolute Gasteiger partial charge is 0.347 e. The fourth-order valence-electron chi connectivity index (χ4n) is 3.76. The van der Waals surface area contributed by atoms with Gasteiger partial charge < -0.3 is 14.4 Å². The second kappa shape index (κ2) is 7.64. The Morgan fingerprint density at radius 1 is 1.12 bits per heavy atom. The quantitative estimate of drug-likeness (QED) is 0.830. The van der Waals surface area contributed by atoms with Crippen LogP contribution in [0.2, 0.25) is 0 Å². The standard InChI is InChI=1S/C19H28N2O3/c1-3-20(4-2)17(16-8-6-5-7-9-16)18(22)21-12-10-19(11-13-21)23-14-15-24-19/h5-9,17H,3-4,10-15H2,1-2H3. The fraction of sp³-hybridized carbons (Fsp3) is 0.632. The van der Waals surface area contributed by atoms with Crippen LogP contribution in [0.1, 0.15) is 38.3 Å². The topological polar surface area (TPSA) is 42.0 Å². The number of carbonyl (C=O) groups excluding carboxylic acids is 1. The smallest absolute Gasteiger partial charge is 0.244 e. The highest BCUT2D eigenvalue weighted by Gasteiger charge is 2.42. The first-order chi connectivity index (χ1) is 11.7. The lowest BCUT2D eigenvalue weighted by atomic mass is 9.99. The number of nitrogens with zero attached hydrogens (tertiary/aromatic N) is 2. The molecule has 1 aromatic carbocycles. The zero-order valence-corrected chi connectivity index (χ0v) is 14.7. The van der Waals surface area contributed by atoms with Gasteiger partial charge in [-0.15, -0.1) is 0 Å². The molecule has 3 rings (SSSR count). The number of rotatable bonds is 5. The number of piperidine rings is 1. The maximum Gasteiger partial charge on any atom is 0.244 e. The first-order valence-corrected chi connectivity index (χ1v) is 9.05. The number of benzene rings is 1. The molecule has 1 spiro atoms. The third-order valence-electron chi connectivity index (χ3n) is 5.18. The number of ether oxygens (including phenoxy) is 2. The Bertz CT molecular complexity index is 529. The number of carbonyl (C=O) groups is 1. The highest BCUT2D eigenvalue weighted by Crippen LogP contribution is 2.33. The first-order valence-electron chi connectivity index (χ1n) is 9.05. The third kappa shape index (κ3) is 3.48. The van der Waals surface area contributed by atoms with E-state index in [-0.39, 0.29) is 11.9 Å². The van der Waals surface area contributed by atoms with Crippen LogP contribution in [0, 0.1) is 0 Å². The van der Waals surface area contributed by atoms with Crippen LogP contribution in [0.4, 0.5) is 0 Å². The normalized spacial score (nSPS) is 21.4. The Hall–Kier alpha value is -1.43. The Morgan fingerprint density at radius 3 is 2.25 bits per heavy atom. The molecule has 0 radical (unpaired) electrons. The number of hydrogen-bond acceptors (Lipinski definition) is 4. The van der Waals surface area contributed by atoms with Crippen molar-refractivity contribution in [3.8, 4) is 0 Å². The highest BCUT2D eigenvalue weighted by atomic mass is 16.7. The van der Waals surface area contributed by atoms with Gasteiger partial charge in [-0.25, -0.2) is 0 Å². The number of amides is 1. The highest BCUT2D eigenvalue weighted by molar-refractivity contribution is 5.83. The zero-order valence-electron chi connectivity index (χ0n) is 14.7. The number of likely N-dealkylation sites (N-methyl/N-ethyl adjacent to an activating group) is 1. The van der Waals surface area contributed by atoms with E-state index < -0.39 is 5.79 Å². The van der Waals surface area contributed by atoms with E-state index in [2.05, 4.69) is 30.9 Å². The third-order valence-corrected chi connectivity index (χ3v) is 5.18. The molecule has 0 aromatic heterocycles. The van der Waals surface area contributed by atoms with Crippen LogP contribution in [0.3, 0.4) is 0 Å². The summed E-state index contributed by atoms with van der Waals surface area (Å²) in [6.45, 7) is 8.65. The molecule has 1 amide bonds. The molecule has 24 heavy (non-hydrogen) atoms. The molecule has 2 aliphatic rings. The minimum absolute atomic E-state index is 0.192. The van der Waals surface area contributed by atoms with Crippen molar-refractivity contribution >= 4 is 5.91 Å². The second-order valence-corrected chi connectivity index (χ2v) is 6.47. The predicted molar refractivity (Wildman–Crippen MR) is 92.6 cm³/mol. The molecule has 2 heterocycles. The van der Waals surface area contributed by atoms with Crippen LogP contribution >= 0.6 is 0 Å². The minimum atomic E-state index is -0.436. The summed E-state index contributed by atoms with van der Waals surface area (Å²) in [6.07, 6.45) is 1.52. The van der Waals surface area contributed by atoms with Gasteiger partial charge in [0.05, 0.1) is 13.2 Å². The van der Waals surface area contributed by atoms with Crippen molar-refractivity contribution in [1.82, 2.24) is 9.80 Å². The maximum atomic E-state index is 13.3. The molecule has 5 heteroatoms. The lowest BCUT2D eigenvalue weighted by Crippen LogP contribution is -2.50. The van der Waals surface area contributed by atoms with Gasteiger partial charge in [-0.1, -0.05) is 44.2 Å². The van der Waals surface area contributed by atoms with Crippen molar-refractivity contribution in [3.63, 3.8) is 0 Å². The lowest BCUT2D eigenvalue weighted by Gasteiger charge is -2.40. The Balaban J connectivity index is 1.74. The molecule has 5 nitrogen and oxygen atoms in total. The van der Waals surface area contributed by atoms with E-state index in [1.807, 2.05) is 23.1 Å². The van der Waals surface area contributed by atoms with E-state index in [1.54, 1.807) is 0 Å². The van der Waals surface area contributed by atoms with Crippen molar-refractivity contribution in [3.05, 3.63) is 35.9 Å². The summed E-state index contributed by atoms with van der Waals surface area (Å²) >= 11 is 0. The molecule has 1 atom stereocenters. The summed E-state index contributed by atoms with van der Waals surface area (Å²) in [5.74, 6) is -0.244. The van der Waals surface area contributed by atoms with Crippen molar-refractivity contribution in [1.29, 1.82) is 0 Å². The van der Waals surface area contributed by atoms with E-state index >= 15 is 0 Å². The Labute approximate surface area is 144 Å². The molecule has 2 aliphatic heterocycles. The first kappa shape index (κ1) is 17.4. The summed E-state index contributed by atoms with van der Waals surface area (Å²) in [7, 11) is 0. The molecule has 132 valence electrons. The molecule has 0 aliphatic carbocycles. The molecule has 2 saturated heterocycles. The van der Waals surface area contributed by atoms with Crippen LogP contribution in [0.25, 0.3) is 0 Å². The van der Waals surface area contributed by atoms with E-state index in [9.17, 15) is 4.79 Å². The van der Waals surface area contributed by atoms with E-state index in [0.29, 0.717) is 26.3 Å². The van der Waals surface area contributed by atoms with Gasteiger partial charge in [-0.2, -0.15) is 0 Å². The van der Waals surface area contributed by atoms with E-state index in [1.165, 1.54) is 0 Å². The molecule has 2 fully saturated rings. The van der Waals surface area contributed by atoms with Gasteiger partial charge in [0.15, 0.2) is 5.79 Å². The molecule has 0 N–H and O–H groups in total. The molecule has 1 aromatic rings. The SMILES string of the molecule is CCN(CC)C(C(=O)N1CCC2(CC1)OCCO2)c1ccccc1. The molecule has 0 bridgehead atoms. The minimum Gasteiger partial charge on any atom is -0.347 e. The average molecular weight is 332 g/mol. The molecule has 1 unspecified atom stereocenters.